The minimum atomic E-state index is -1.02. The minimum absolute atomic E-state index is 0.278. The van der Waals surface area contributed by atoms with Gasteiger partial charge in [-0.1, -0.05) is 6.07 Å². The second-order valence-corrected chi connectivity index (χ2v) is 3.38. The lowest BCUT2D eigenvalue weighted by molar-refractivity contribution is -0.134. The van der Waals surface area contributed by atoms with E-state index >= 15 is 0 Å². The maximum Gasteiger partial charge on any atom is 0.322 e. The van der Waals surface area contributed by atoms with Crippen LogP contribution in [0, 0.1) is 0 Å². The van der Waals surface area contributed by atoms with E-state index in [2.05, 4.69) is 15.3 Å². The fourth-order valence-electron chi connectivity index (χ4n) is 1.46. The van der Waals surface area contributed by atoms with Gasteiger partial charge in [-0.15, -0.1) is 0 Å². The summed E-state index contributed by atoms with van der Waals surface area (Å²) in [5.41, 5.74) is -0.267. The molecule has 1 aromatic heterocycles. The zero-order valence-corrected chi connectivity index (χ0v) is 8.61. The molecule has 0 atom stereocenters. The number of aromatic nitrogens is 2. The Balaban J connectivity index is 2.56. The molecule has 7 nitrogen and oxygen atoms in total. The van der Waals surface area contributed by atoms with E-state index in [0.717, 1.165) is 0 Å². The summed E-state index contributed by atoms with van der Waals surface area (Å²) in [5, 5.41) is 11.2. The van der Waals surface area contributed by atoms with Gasteiger partial charge in [0.15, 0.2) is 0 Å². The number of aromatic amines is 2. The molecule has 0 bridgehead atoms. The van der Waals surface area contributed by atoms with Crippen molar-refractivity contribution >= 4 is 22.7 Å². The van der Waals surface area contributed by atoms with Gasteiger partial charge in [-0.25, -0.2) is 0 Å². The highest BCUT2D eigenvalue weighted by Gasteiger charge is 2.05. The largest absolute Gasteiger partial charge is 0.480 e. The van der Waals surface area contributed by atoms with E-state index in [9.17, 15) is 14.4 Å². The standard InChI is InChI=1S/C10H9N3O4/c14-7(15)4-11-5-2-1-3-6-8(5)13-10(17)9(16)12-6/h1-3,11H,4H2,(H,12,16)(H,13,17)(H,14,15). The zero-order chi connectivity index (χ0) is 12.4. The predicted molar refractivity (Wildman–Crippen MR) is 61.3 cm³/mol. The molecule has 0 saturated carbocycles. The molecule has 1 aromatic carbocycles. The number of hydrogen-bond acceptors (Lipinski definition) is 4. The third-order valence-corrected chi connectivity index (χ3v) is 2.19. The lowest BCUT2D eigenvalue weighted by Gasteiger charge is -2.06. The van der Waals surface area contributed by atoms with Gasteiger partial charge in [-0.3, -0.25) is 14.4 Å². The number of rotatable bonds is 3. The van der Waals surface area contributed by atoms with E-state index in [1.807, 2.05) is 0 Å². The average Bonchev–Trinajstić information content (AvgIpc) is 2.28. The molecule has 0 unspecified atom stereocenters. The van der Waals surface area contributed by atoms with Crippen LogP contribution in [0.1, 0.15) is 0 Å². The number of aliphatic carboxylic acids is 1. The van der Waals surface area contributed by atoms with Crippen molar-refractivity contribution in [1.29, 1.82) is 0 Å². The highest BCUT2D eigenvalue weighted by atomic mass is 16.4. The summed E-state index contributed by atoms with van der Waals surface area (Å²) < 4.78 is 0. The van der Waals surface area contributed by atoms with Crippen LogP contribution in [-0.4, -0.2) is 27.6 Å². The zero-order valence-electron chi connectivity index (χ0n) is 8.61. The Labute approximate surface area is 94.1 Å². The molecule has 0 radical (unpaired) electrons. The van der Waals surface area contributed by atoms with Crippen molar-refractivity contribution < 1.29 is 9.90 Å². The van der Waals surface area contributed by atoms with Gasteiger partial charge in [-0.2, -0.15) is 0 Å². The first-order valence-electron chi connectivity index (χ1n) is 4.79. The average molecular weight is 235 g/mol. The van der Waals surface area contributed by atoms with E-state index in [4.69, 9.17) is 5.11 Å². The molecule has 0 spiro atoms. The highest BCUT2D eigenvalue weighted by Crippen LogP contribution is 2.16. The van der Waals surface area contributed by atoms with Gasteiger partial charge in [0.1, 0.15) is 6.54 Å². The molecule has 0 aliphatic rings. The van der Waals surface area contributed by atoms with Crippen LogP contribution in [0.5, 0.6) is 0 Å². The van der Waals surface area contributed by atoms with E-state index in [1.54, 1.807) is 18.2 Å². The van der Waals surface area contributed by atoms with Gasteiger partial charge in [0.2, 0.25) is 0 Å². The topological polar surface area (TPSA) is 115 Å². The number of carbonyl (C=O) groups is 1. The fraction of sp³-hybridized carbons (Fsp3) is 0.100. The molecule has 0 saturated heterocycles. The smallest absolute Gasteiger partial charge is 0.322 e. The fourth-order valence-corrected chi connectivity index (χ4v) is 1.46. The summed E-state index contributed by atoms with van der Waals surface area (Å²) in [6.45, 7) is -0.278. The Morgan fingerprint density at radius 1 is 1.24 bits per heavy atom. The van der Waals surface area contributed by atoms with Crippen molar-refractivity contribution in [2.45, 2.75) is 0 Å². The molecule has 88 valence electrons. The molecule has 1 heterocycles. The number of carboxylic acid groups (broad SMARTS) is 1. The van der Waals surface area contributed by atoms with Crippen molar-refractivity contribution in [3.05, 3.63) is 38.9 Å². The Morgan fingerprint density at radius 3 is 2.65 bits per heavy atom. The third kappa shape index (κ3) is 2.17. The minimum Gasteiger partial charge on any atom is -0.480 e. The Hall–Kier alpha value is -2.57. The van der Waals surface area contributed by atoms with Crippen molar-refractivity contribution in [3.8, 4) is 0 Å². The van der Waals surface area contributed by atoms with Gasteiger partial charge in [0, 0.05) is 0 Å². The first kappa shape index (κ1) is 10.9. The van der Waals surface area contributed by atoms with Crippen LogP contribution in [0.15, 0.2) is 27.8 Å². The third-order valence-electron chi connectivity index (χ3n) is 2.19. The second kappa shape index (κ2) is 4.12. The van der Waals surface area contributed by atoms with Gasteiger partial charge in [0.25, 0.3) is 0 Å². The number of nitrogens with one attached hydrogen (secondary N) is 3. The normalized spacial score (nSPS) is 10.4. The predicted octanol–water partition coefficient (Wildman–Crippen LogP) is -0.287. The maximum atomic E-state index is 11.2. The Kier molecular flexibility index (Phi) is 2.65. The summed E-state index contributed by atoms with van der Waals surface area (Å²) in [6, 6.07) is 4.86. The van der Waals surface area contributed by atoms with Crippen molar-refractivity contribution in [3.63, 3.8) is 0 Å². The first-order chi connectivity index (χ1) is 8.08. The number of fused-ring (bicyclic) bond motifs is 1. The molecule has 7 heteroatoms. The van der Waals surface area contributed by atoms with Crippen molar-refractivity contribution in [1.82, 2.24) is 9.97 Å². The van der Waals surface area contributed by atoms with Crippen molar-refractivity contribution in [2.75, 3.05) is 11.9 Å². The van der Waals surface area contributed by atoms with E-state index in [0.29, 0.717) is 16.7 Å². The van der Waals surface area contributed by atoms with Crippen molar-refractivity contribution in [2.24, 2.45) is 0 Å². The van der Waals surface area contributed by atoms with Crippen LogP contribution in [0.4, 0.5) is 5.69 Å². The van der Waals surface area contributed by atoms with Crippen LogP contribution < -0.4 is 16.4 Å². The van der Waals surface area contributed by atoms with Gasteiger partial charge in [-0.05, 0) is 12.1 Å². The molecule has 4 N–H and O–H groups in total. The molecular formula is C10H9N3O4. The van der Waals surface area contributed by atoms with Crippen LogP contribution in [0.2, 0.25) is 0 Å². The number of carboxylic acids is 1. The SMILES string of the molecule is O=C(O)CNc1cccc2[nH]c(=O)c(=O)[nH]c12. The number of H-pyrrole nitrogens is 2. The summed E-state index contributed by atoms with van der Waals surface area (Å²) in [5.74, 6) is -1.02. The number of para-hydroxylation sites is 1. The summed E-state index contributed by atoms with van der Waals surface area (Å²) in [6.07, 6.45) is 0. The Morgan fingerprint density at radius 2 is 1.94 bits per heavy atom. The molecule has 0 aliphatic heterocycles. The lowest BCUT2D eigenvalue weighted by Crippen LogP contribution is -2.29. The molecule has 2 aromatic rings. The summed E-state index contributed by atoms with van der Waals surface area (Å²) in [7, 11) is 0. The van der Waals surface area contributed by atoms with Crippen LogP contribution in [0.25, 0.3) is 11.0 Å². The van der Waals surface area contributed by atoms with Crippen LogP contribution in [0.3, 0.4) is 0 Å². The number of benzene rings is 1. The van der Waals surface area contributed by atoms with Crippen LogP contribution in [-0.2, 0) is 4.79 Å². The van der Waals surface area contributed by atoms with E-state index in [1.165, 1.54) is 0 Å². The highest BCUT2D eigenvalue weighted by molar-refractivity contribution is 5.88. The molecule has 0 aliphatic carbocycles. The van der Waals surface area contributed by atoms with E-state index < -0.39 is 17.1 Å². The molecule has 2 rings (SSSR count). The molecule has 17 heavy (non-hydrogen) atoms. The maximum absolute atomic E-state index is 11.2. The summed E-state index contributed by atoms with van der Waals surface area (Å²) in [4.78, 5) is 37.5. The Bertz CT molecular complexity index is 686. The van der Waals surface area contributed by atoms with Gasteiger partial charge < -0.3 is 20.4 Å². The quantitative estimate of drug-likeness (QED) is 0.546. The summed E-state index contributed by atoms with van der Waals surface area (Å²) >= 11 is 0. The number of hydrogen-bond donors (Lipinski definition) is 4. The lowest BCUT2D eigenvalue weighted by atomic mass is 10.2. The van der Waals surface area contributed by atoms with E-state index in [-0.39, 0.29) is 6.54 Å². The molecular weight excluding hydrogens is 226 g/mol. The molecule has 0 amide bonds. The van der Waals surface area contributed by atoms with Gasteiger partial charge >= 0.3 is 17.1 Å². The number of anilines is 1. The molecule has 0 fully saturated rings. The monoisotopic (exact) mass is 235 g/mol. The first-order valence-corrected chi connectivity index (χ1v) is 4.79. The van der Waals surface area contributed by atoms with Crippen LogP contribution >= 0.6 is 0 Å². The van der Waals surface area contributed by atoms with Gasteiger partial charge in [0.05, 0.1) is 16.7 Å². The second-order valence-electron chi connectivity index (χ2n) is 3.38.